The maximum absolute atomic E-state index is 14.2. The zero-order valence-corrected chi connectivity index (χ0v) is 17.7. The van der Waals surface area contributed by atoms with Crippen molar-refractivity contribution in [1.29, 1.82) is 0 Å². The van der Waals surface area contributed by atoms with Gasteiger partial charge in [0.2, 0.25) is 0 Å². The summed E-state index contributed by atoms with van der Waals surface area (Å²) in [6.07, 6.45) is 7.87. The smallest absolute Gasteiger partial charge is 0.260 e. The zero-order chi connectivity index (χ0) is 21.1. The Morgan fingerprint density at radius 3 is 2.73 bits per heavy atom. The Morgan fingerprint density at radius 1 is 1.23 bits per heavy atom. The van der Waals surface area contributed by atoms with Gasteiger partial charge in [-0.3, -0.25) is 9.69 Å². The van der Waals surface area contributed by atoms with Crippen LogP contribution in [0.1, 0.15) is 16.8 Å². The highest BCUT2D eigenvalue weighted by molar-refractivity contribution is 7.98. The van der Waals surface area contributed by atoms with Crippen LogP contribution in [0.15, 0.2) is 60.0 Å². The Morgan fingerprint density at radius 2 is 2.03 bits per heavy atom. The third-order valence-electron chi connectivity index (χ3n) is 4.57. The van der Waals surface area contributed by atoms with Crippen LogP contribution in [0.25, 0.3) is 10.2 Å². The van der Waals surface area contributed by atoms with E-state index in [0.29, 0.717) is 34.9 Å². The summed E-state index contributed by atoms with van der Waals surface area (Å²) in [5.74, 6) is -1.63. The third kappa shape index (κ3) is 4.36. The Hall–Kier alpha value is -2.78. The minimum atomic E-state index is -0.734. The molecule has 4 rings (SSSR count). The second kappa shape index (κ2) is 8.93. The van der Waals surface area contributed by atoms with Gasteiger partial charge in [0.1, 0.15) is 11.3 Å². The van der Waals surface area contributed by atoms with Crippen LogP contribution in [-0.2, 0) is 6.54 Å². The number of hydrogen-bond acceptors (Lipinski definition) is 5. The van der Waals surface area contributed by atoms with E-state index in [2.05, 4.69) is 9.97 Å². The zero-order valence-electron chi connectivity index (χ0n) is 16.1. The summed E-state index contributed by atoms with van der Waals surface area (Å²) >= 11 is 2.69. The van der Waals surface area contributed by atoms with Gasteiger partial charge in [0, 0.05) is 42.0 Å². The van der Waals surface area contributed by atoms with E-state index in [9.17, 15) is 13.6 Å². The number of fused-ring (bicyclic) bond motifs is 1. The summed E-state index contributed by atoms with van der Waals surface area (Å²) in [5.41, 5.74) is 0.586. The van der Waals surface area contributed by atoms with Crippen molar-refractivity contribution in [1.82, 2.24) is 14.5 Å². The van der Waals surface area contributed by atoms with E-state index < -0.39 is 11.6 Å². The molecule has 0 aliphatic heterocycles. The first kappa shape index (κ1) is 20.5. The number of nitrogens with zero attached hydrogens (tertiary/aromatic N) is 4. The lowest BCUT2D eigenvalue weighted by atomic mass is 10.2. The second-order valence-electron chi connectivity index (χ2n) is 6.57. The minimum Gasteiger partial charge on any atom is -0.337 e. The molecular formula is C21H18F2N4OS2. The molecule has 5 nitrogen and oxygen atoms in total. The van der Waals surface area contributed by atoms with Crippen LogP contribution >= 0.6 is 23.1 Å². The predicted octanol–water partition coefficient (Wildman–Crippen LogP) is 5.23. The first-order chi connectivity index (χ1) is 14.5. The molecule has 2 aromatic carbocycles. The van der Waals surface area contributed by atoms with E-state index in [1.807, 2.05) is 29.2 Å². The fourth-order valence-corrected chi connectivity index (χ4v) is 4.50. The molecule has 1 amide bonds. The topological polar surface area (TPSA) is 51.0 Å². The van der Waals surface area contributed by atoms with Crippen LogP contribution in [0.3, 0.4) is 0 Å². The van der Waals surface area contributed by atoms with Crippen LogP contribution in [0.5, 0.6) is 0 Å². The summed E-state index contributed by atoms with van der Waals surface area (Å²) in [7, 11) is 0. The van der Waals surface area contributed by atoms with Gasteiger partial charge in [-0.1, -0.05) is 11.3 Å². The Balaban J connectivity index is 1.65. The van der Waals surface area contributed by atoms with Gasteiger partial charge in [0.15, 0.2) is 10.9 Å². The van der Waals surface area contributed by atoms with Gasteiger partial charge in [-0.05, 0) is 43.0 Å². The molecule has 0 spiro atoms. The molecule has 0 unspecified atom stereocenters. The highest BCUT2D eigenvalue weighted by Crippen LogP contribution is 2.32. The van der Waals surface area contributed by atoms with E-state index in [4.69, 9.17) is 0 Å². The lowest BCUT2D eigenvalue weighted by molar-refractivity contribution is 0.0986. The standard InChI is InChI=1S/C21H18F2N4OS2/c1-29-16-5-3-14(4-6-16)20(28)27(9-2-8-26-10-7-24-13-26)21-25-19-17(23)11-15(22)12-18(19)30-21/h3-7,10-13H,2,8-9H2,1H3. The fourth-order valence-electron chi connectivity index (χ4n) is 3.06. The molecule has 0 saturated heterocycles. The third-order valence-corrected chi connectivity index (χ3v) is 6.34. The van der Waals surface area contributed by atoms with Gasteiger partial charge in [-0.15, -0.1) is 11.8 Å². The molecule has 0 bridgehead atoms. The van der Waals surface area contributed by atoms with E-state index in [0.717, 1.165) is 22.3 Å². The number of carbonyl (C=O) groups is 1. The molecule has 0 atom stereocenters. The van der Waals surface area contributed by atoms with E-state index in [1.54, 1.807) is 36.4 Å². The number of anilines is 1. The van der Waals surface area contributed by atoms with Crippen LogP contribution in [0.4, 0.5) is 13.9 Å². The van der Waals surface area contributed by atoms with Crippen molar-refractivity contribution in [2.45, 2.75) is 17.9 Å². The van der Waals surface area contributed by atoms with Crippen molar-refractivity contribution in [3.8, 4) is 0 Å². The largest absolute Gasteiger partial charge is 0.337 e. The minimum absolute atomic E-state index is 0.0709. The van der Waals surface area contributed by atoms with Crippen molar-refractivity contribution in [3.63, 3.8) is 0 Å². The Bertz CT molecular complexity index is 1160. The molecule has 0 aliphatic carbocycles. The summed E-state index contributed by atoms with van der Waals surface area (Å²) < 4.78 is 30.1. The average Bonchev–Trinajstić information content (AvgIpc) is 3.41. The highest BCUT2D eigenvalue weighted by atomic mass is 32.2. The number of carbonyl (C=O) groups excluding carboxylic acids is 1. The van der Waals surface area contributed by atoms with Crippen molar-refractivity contribution in [2.24, 2.45) is 0 Å². The lowest BCUT2D eigenvalue weighted by Gasteiger charge is -2.20. The SMILES string of the molecule is CSc1ccc(C(=O)N(CCCn2ccnc2)c2nc3c(F)cc(F)cc3s2)cc1. The molecule has 30 heavy (non-hydrogen) atoms. The van der Waals surface area contributed by atoms with Crippen LogP contribution < -0.4 is 4.90 Å². The first-order valence-corrected chi connectivity index (χ1v) is 11.3. The Labute approximate surface area is 180 Å². The monoisotopic (exact) mass is 444 g/mol. The number of thioether (sulfide) groups is 1. The summed E-state index contributed by atoms with van der Waals surface area (Å²) in [6, 6.07) is 9.35. The van der Waals surface area contributed by atoms with Crippen molar-refractivity contribution in [2.75, 3.05) is 17.7 Å². The number of hydrogen-bond donors (Lipinski definition) is 0. The normalized spacial score (nSPS) is 11.2. The molecule has 0 radical (unpaired) electrons. The molecule has 2 heterocycles. The number of rotatable bonds is 7. The number of benzene rings is 2. The number of aromatic nitrogens is 3. The second-order valence-corrected chi connectivity index (χ2v) is 8.46. The fraction of sp³-hybridized carbons (Fsp3) is 0.190. The van der Waals surface area contributed by atoms with Crippen LogP contribution in [0, 0.1) is 11.6 Å². The maximum atomic E-state index is 14.2. The van der Waals surface area contributed by atoms with Gasteiger partial charge < -0.3 is 4.57 Å². The molecule has 0 N–H and O–H groups in total. The first-order valence-electron chi connectivity index (χ1n) is 9.22. The molecule has 4 aromatic rings. The van der Waals surface area contributed by atoms with E-state index in [-0.39, 0.29) is 11.4 Å². The molecule has 0 aliphatic rings. The Kier molecular flexibility index (Phi) is 6.10. The van der Waals surface area contributed by atoms with Crippen molar-refractivity contribution < 1.29 is 13.6 Å². The van der Waals surface area contributed by atoms with Gasteiger partial charge in [-0.2, -0.15) is 0 Å². The van der Waals surface area contributed by atoms with Crippen molar-refractivity contribution >= 4 is 44.4 Å². The van der Waals surface area contributed by atoms with Crippen molar-refractivity contribution in [3.05, 3.63) is 72.3 Å². The predicted molar refractivity (Wildman–Crippen MR) is 116 cm³/mol. The van der Waals surface area contributed by atoms with E-state index >= 15 is 0 Å². The number of amides is 1. The van der Waals surface area contributed by atoms with Crippen LogP contribution in [-0.4, -0.2) is 33.2 Å². The molecule has 9 heteroatoms. The molecule has 0 saturated carbocycles. The maximum Gasteiger partial charge on any atom is 0.260 e. The summed E-state index contributed by atoms with van der Waals surface area (Å²) in [4.78, 5) is 24.2. The lowest BCUT2D eigenvalue weighted by Crippen LogP contribution is -2.32. The number of imidazole rings is 1. The quantitative estimate of drug-likeness (QED) is 0.366. The number of thiazole rings is 1. The summed E-state index contributed by atoms with van der Waals surface area (Å²) in [6.45, 7) is 1.05. The molecular weight excluding hydrogens is 426 g/mol. The van der Waals surface area contributed by atoms with E-state index in [1.165, 1.54) is 11.0 Å². The average molecular weight is 445 g/mol. The van der Waals surface area contributed by atoms with Crippen LogP contribution in [0.2, 0.25) is 0 Å². The van der Waals surface area contributed by atoms with Gasteiger partial charge in [0.05, 0.1) is 11.0 Å². The molecule has 2 aromatic heterocycles. The van der Waals surface area contributed by atoms with Gasteiger partial charge in [0.25, 0.3) is 5.91 Å². The molecule has 154 valence electrons. The highest BCUT2D eigenvalue weighted by Gasteiger charge is 2.22. The number of halogens is 2. The summed E-state index contributed by atoms with van der Waals surface area (Å²) in [5, 5.41) is 0.346. The molecule has 0 fully saturated rings. The number of aryl methyl sites for hydroxylation is 1. The van der Waals surface area contributed by atoms with Gasteiger partial charge >= 0.3 is 0 Å². The van der Waals surface area contributed by atoms with Gasteiger partial charge in [-0.25, -0.2) is 18.7 Å².